The Hall–Kier alpha value is -3.02. The number of aliphatic hydroxyl groups excluding tert-OH is 2. The van der Waals surface area contributed by atoms with Gasteiger partial charge in [0.2, 0.25) is 5.91 Å². The Morgan fingerprint density at radius 1 is 1.17 bits per heavy atom. The van der Waals surface area contributed by atoms with Gasteiger partial charge in [-0.25, -0.2) is 0 Å². The van der Waals surface area contributed by atoms with E-state index >= 15 is 0 Å². The van der Waals surface area contributed by atoms with Crippen LogP contribution in [0.25, 0.3) is 11.1 Å². The molecule has 4 N–H and O–H groups in total. The molecule has 1 saturated heterocycles. The molecule has 10 nitrogen and oxygen atoms in total. The van der Waals surface area contributed by atoms with Crippen molar-refractivity contribution in [3.63, 3.8) is 0 Å². The van der Waals surface area contributed by atoms with Gasteiger partial charge in [0.25, 0.3) is 5.91 Å². The maximum atomic E-state index is 14.1. The van der Waals surface area contributed by atoms with Gasteiger partial charge in [-0.15, -0.1) is 0 Å². The van der Waals surface area contributed by atoms with E-state index in [1.54, 1.807) is 18.1 Å². The fourth-order valence-corrected chi connectivity index (χ4v) is 8.23. The summed E-state index contributed by atoms with van der Waals surface area (Å²) in [6.45, 7) is 12.0. The molecule has 3 saturated carbocycles. The van der Waals surface area contributed by atoms with Crippen LogP contribution in [0, 0.1) is 29.1 Å². The Morgan fingerprint density at radius 3 is 2.55 bits per heavy atom. The summed E-state index contributed by atoms with van der Waals surface area (Å²) in [5.74, 6) is 1.18. The number of carbonyl (C=O) groups is 2. The quantitative estimate of drug-likeness (QED) is 0.259. The van der Waals surface area contributed by atoms with Crippen LogP contribution in [0.3, 0.4) is 0 Å². The number of amides is 2. The standard InChI is InChI=1S/C37H54N4O6/c1-8-46-34-26(13-10-14-28(34)24-11-9-12-25(17-24)35(44)38-15-16-40(6)7)20-41-33(32(23(3)43)31(21-42)47-41)36(45)39-30-19-27-18-29(22(30)2)37(27,4)5/h9-14,17,22-23,27,29-33,42-43H,8,15-16,18-21H2,1-7H3,(H,38,44)(H,39,45)/t22-,23-,27+,29+,30-,31-,32-,33-/m0/s1. The topological polar surface area (TPSA) is 124 Å². The van der Waals surface area contributed by atoms with Crippen LogP contribution in [-0.4, -0.2) is 96.7 Å². The molecule has 3 aliphatic carbocycles. The highest BCUT2D eigenvalue weighted by atomic mass is 16.7. The maximum absolute atomic E-state index is 14.1. The van der Waals surface area contributed by atoms with Crippen molar-refractivity contribution in [3.8, 4) is 16.9 Å². The van der Waals surface area contributed by atoms with E-state index in [1.165, 1.54) is 6.42 Å². The van der Waals surface area contributed by atoms with E-state index < -0.39 is 24.2 Å². The molecule has 47 heavy (non-hydrogen) atoms. The zero-order valence-corrected chi connectivity index (χ0v) is 29.0. The number of nitrogens with zero attached hydrogens (tertiary/aromatic N) is 2. The fourth-order valence-electron chi connectivity index (χ4n) is 8.23. The lowest BCUT2D eigenvalue weighted by Crippen LogP contribution is -2.62. The number of rotatable bonds is 13. The third-order valence-electron chi connectivity index (χ3n) is 11.1. The second-order valence-electron chi connectivity index (χ2n) is 14.6. The molecule has 4 fully saturated rings. The summed E-state index contributed by atoms with van der Waals surface area (Å²) in [5, 5.41) is 29.0. The van der Waals surface area contributed by atoms with Crippen molar-refractivity contribution in [2.45, 2.75) is 78.3 Å². The number of hydrogen-bond donors (Lipinski definition) is 4. The number of benzene rings is 2. The minimum atomic E-state index is -0.881. The highest BCUT2D eigenvalue weighted by molar-refractivity contribution is 5.95. The monoisotopic (exact) mass is 650 g/mol. The van der Waals surface area contributed by atoms with Gasteiger partial charge in [-0.05, 0) is 81.6 Å². The van der Waals surface area contributed by atoms with Gasteiger partial charge in [-0.3, -0.25) is 14.4 Å². The van der Waals surface area contributed by atoms with Gasteiger partial charge in [-0.2, -0.15) is 5.06 Å². The third-order valence-corrected chi connectivity index (χ3v) is 11.1. The zero-order valence-electron chi connectivity index (χ0n) is 29.0. The Morgan fingerprint density at radius 2 is 1.91 bits per heavy atom. The number of ether oxygens (including phenoxy) is 1. The van der Waals surface area contributed by atoms with E-state index in [-0.39, 0.29) is 31.0 Å². The molecule has 1 aliphatic heterocycles. The molecule has 258 valence electrons. The Kier molecular flexibility index (Phi) is 11.0. The van der Waals surface area contributed by atoms with Gasteiger partial charge in [0.15, 0.2) is 0 Å². The van der Waals surface area contributed by atoms with Crippen molar-refractivity contribution >= 4 is 11.8 Å². The summed E-state index contributed by atoms with van der Waals surface area (Å²) in [6, 6.07) is 12.5. The van der Waals surface area contributed by atoms with E-state index in [9.17, 15) is 19.8 Å². The molecule has 2 aromatic rings. The van der Waals surface area contributed by atoms with Crippen LogP contribution in [0.2, 0.25) is 0 Å². The van der Waals surface area contributed by atoms with E-state index in [2.05, 4.69) is 31.4 Å². The van der Waals surface area contributed by atoms with Crippen LogP contribution in [-0.2, 0) is 16.2 Å². The van der Waals surface area contributed by atoms with Crippen molar-refractivity contribution in [2.75, 3.05) is 40.4 Å². The molecule has 0 spiro atoms. The molecule has 4 aliphatic rings. The molecular formula is C37H54N4O6. The molecule has 0 unspecified atom stereocenters. The number of para-hydroxylation sites is 1. The lowest BCUT2D eigenvalue weighted by Gasteiger charge is -2.62. The SMILES string of the molecule is CCOc1c(CN2O[C@@H](CO)[C@H]([C@H](C)O)[C@H]2C(=O)N[C@H]2C[C@H]3C[C@H]([C@@H]2C)C3(C)C)cccc1-c1cccc(C(=O)NCCN(C)C)c1. The lowest BCUT2D eigenvalue weighted by atomic mass is 9.45. The summed E-state index contributed by atoms with van der Waals surface area (Å²) in [5.41, 5.74) is 3.28. The van der Waals surface area contributed by atoms with E-state index in [1.807, 2.05) is 62.3 Å². The van der Waals surface area contributed by atoms with Crippen molar-refractivity contribution in [1.29, 1.82) is 0 Å². The van der Waals surface area contributed by atoms with Crippen molar-refractivity contribution in [2.24, 2.45) is 29.1 Å². The maximum Gasteiger partial charge on any atom is 0.251 e. The molecule has 6 rings (SSSR count). The van der Waals surface area contributed by atoms with Gasteiger partial charge in [0, 0.05) is 41.7 Å². The molecule has 2 bridgehead atoms. The number of hydrogen-bond acceptors (Lipinski definition) is 8. The first-order valence-corrected chi connectivity index (χ1v) is 17.2. The number of hydroxylamine groups is 2. The third kappa shape index (κ3) is 7.22. The molecule has 8 atom stereocenters. The molecule has 10 heteroatoms. The summed E-state index contributed by atoms with van der Waals surface area (Å²) in [7, 11) is 3.93. The molecule has 2 amide bonds. The first-order chi connectivity index (χ1) is 22.4. The molecule has 0 radical (unpaired) electrons. The van der Waals surface area contributed by atoms with Crippen molar-refractivity contribution in [1.82, 2.24) is 20.6 Å². The van der Waals surface area contributed by atoms with Crippen LogP contribution >= 0.6 is 0 Å². The number of fused-ring (bicyclic) bond motifs is 2. The molecular weight excluding hydrogens is 596 g/mol. The predicted octanol–water partition coefficient (Wildman–Crippen LogP) is 3.70. The normalized spacial score (nSPS) is 28.9. The average Bonchev–Trinajstić information content (AvgIpc) is 3.41. The van der Waals surface area contributed by atoms with Crippen LogP contribution in [0.15, 0.2) is 42.5 Å². The van der Waals surface area contributed by atoms with Crippen molar-refractivity contribution in [3.05, 3.63) is 53.6 Å². The Balaban J connectivity index is 1.41. The smallest absolute Gasteiger partial charge is 0.251 e. The number of nitrogens with one attached hydrogen (secondary N) is 2. The molecule has 1 heterocycles. The second-order valence-corrected chi connectivity index (χ2v) is 14.6. The van der Waals surface area contributed by atoms with Crippen LogP contribution in [0.1, 0.15) is 63.4 Å². The molecule has 0 aromatic heterocycles. The summed E-state index contributed by atoms with van der Waals surface area (Å²) < 4.78 is 6.23. The number of likely N-dealkylation sites (N-methyl/N-ethyl adjacent to an activating group) is 1. The van der Waals surface area contributed by atoms with Crippen LogP contribution < -0.4 is 15.4 Å². The molecule has 2 aromatic carbocycles. The predicted molar refractivity (Wildman–Crippen MR) is 181 cm³/mol. The van der Waals surface area contributed by atoms with E-state index in [0.29, 0.717) is 47.6 Å². The number of carbonyl (C=O) groups excluding carboxylic acids is 2. The second kappa shape index (κ2) is 14.6. The largest absolute Gasteiger partial charge is 0.493 e. The van der Waals surface area contributed by atoms with Crippen LogP contribution in [0.4, 0.5) is 0 Å². The van der Waals surface area contributed by atoms with Crippen LogP contribution in [0.5, 0.6) is 5.75 Å². The van der Waals surface area contributed by atoms with Gasteiger partial charge in [0.1, 0.15) is 17.9 Å². The van der Waals surface area contributed by atoms with E-state index in [0.717, 1.165) is 29.7 Å². The summed E-state index contributed by atoms with van der Waals surface area (Å²) in [6.07, 6.45) is 0.537. The first-order valence-electron chi connectivity index (χ1n) is 17.2. The van der Waals surface area contributed by atoms with Gasteiger partial charge in [-0.1, -0.05) is 51.1 Å². The van der Waals surface area contributed by atoms with Gasteiger partial charge >= 0.3 is 0 Å². The average molecular weight is 651 g/mol. The Labute approximate surface area is 279 Å². The summed E-state index contributed by atoms with van der Waals surface area (Å²) >= 11 is 0. The van der Waals surface area contributed by atoms with Gasteiger partial charge < -0.3 is 30.5 Å². The minimum absolute atomic E-state index is 0.0543. The zero-order chi connectivity index (χ0) is 34.0. The van der Waals surface area contributed by atoms with Crippen molar-refractivity contribution < 1.29 is 29.4 Å². The minimum Gasteiger partial charge on any atom is -0.493 e. The lowest BCUT2D eigenvalue weighted by molar-refractivity contribution is -0.183. The van der Waals surface area contributed by atoms with E-state index in [4.69, 9.17) is 9.57 Å². The highest BCUT2D eigenvalue weighted by Gasteiger charge is 2.57. The number of aliphatic hydroxyl groups is 2. The Bertz CT molecular complexity index is 1410. The first kappa shape index (κ1) is 35.3. The van der Waals surface area contributed by atoms with Gasteiger partial charge in [0.05, 0.1) is 25.9 Å². The fraction of sp³-hybridized carbons (Fsp3) is 0.622. The summed E-state index contributed by atoms with van der Waals surface area (Å²) in [4.78, 5) is 35.3. The highest BCUT2D eigenvalue weighted by Crippen LogP contribution is 2.61.